The summed E-state index contributed by atoms with van der Waals surface area (Å²) in [5, 5.41) is 0. The van der Waals surface area contributed by atoms with Crippen LogP contribution in [0.4, 0.5) is 17.3 Å². The second-order valence-corrected chi connectivity index (χ2v) is 8.39. The molecule has 0 spiro atoms. The molecule has 0 atom stereocenters. The summed E-state index contributed by atoms with van der Waals surface area (Å²) in [7, 11) is -4.31. The van der Waals surface area contributed by atoms with Gasteiger partial charge in [-0.05, 0) is 59.7 Å². The topological polar surface area (TPSA) is 26.0 Å². The van der Waals surface area contributed by atoms with Crippen molar-refractivity contribution in [1.29, 1.82) is 0 Å². The number of aromatic nitrogens is 2. The maximum absolute atomic E-state index is 9.75. The van der Waals surface area contributed by atoms with E-state index in [-0.39, 0.29) is 0 Å². The Morgan fingerprint density at radius 3 is 1.76 bits per heavy atom. The van der Waals surface area contributed by atoms with Gasteiger partial charge in [0, 0.05) is 29.5 Å². The third kappa shape index (κ3) is 7.29. The number of methoxy groups -OCH3 is 1. The monoisotopic (exact) mass is 516 g/mol. The Bertz CT molecular complexity index is 1380. The van der Waals surface area contributed by atoms with Gasteiger partial charge in [-0.25, -0.2) is 4.98 Å². The molecule has 0 N–H and O–H groups in total. The maximum Gasteiger partial charge on any atom is 0.673 e. The zero-order valence-corrected chi connectivity index (χ0v) is 20.6. The molecule has 0 aliphatic rings. The molecule has 2 aromatic heterocycles. The molecule has 5 rings (SSSR count). The van der Waals surface area contributed by atoms with Crippen molar-refractivity contribution in [2.45, 2.75) is 6.54 Å². The van der Waals surface area contributed by atoms with E-state index in [2.05, 4.69) is 89.5 Å². The van der Waals surface area contributed by atoms with Crippen LogP contribution in [0.25, 0.3) is 33.8 Å². The van der Waals surface area contributed by atoms with Gasteiger partial charge in [0.15, 0.2) is 6.54 Å². The van der Waals surface area contributed by atoms with Crippen molar-refractivity contribution in [1.82, 2.24) is 4.98 Å². The molecule has 8 heteroatoms. The van der Waals surface area contributed by atoms with Crippen LogP contribution in [0.2, 0.25) is 0 Å². The largest absolute Gasteiger partial charge is 0.673 e. The standard InChI is InChI=1S/C30H25N2O.BF4/c1-33-27-17-15-23(16-18-27)22-32-29(25-12-6-3-7-13-25)20-26(24-10-4-2-5-11-24)21-30(32)28-14-8-9-19-31-28;2-1(3,4)5/h2-21H,22H2,1H3;/q+1;-1. The first-order valence-electron chi connectivity index (χ1n) is 11.9. The average molecular weight is 516 g/mol. The van der Waals surface area contributed by atoms with Gasteiger partial charge in [0.1, 0.15) is 11.4 Å². The Balaban J connectivity index is 0.000000617. The van der Waals surface area contributed by atoms with Crippen LogP contribution in [0.5, 0.6) is 5.75 Å². The number of benzene rings is 3. The summed E-state index contributed by atoms with van der Waals surface area (Å²) in [4.78, 5) is 4.71. The minimum absolute atomic E-state index is 0.717. The number of ether oxygens (including phenoxy) is 1. The molecule has 0 fully saturated rings. The smallest absolute Gasteiger partial charge is 0.497 e. The van der Waals surface area contributed by atoms with Gasteiger partial charge in [0.05, 0.1) is 7.11 Å². The van der Waals surface area contributed by atoms with Gasteiger partial charge in [-0.3, -0.25) is 0 Å². The van der Waals surface area contributed by atoms with Crippen LogP contribution < -0.4 is 9.30 Å². The summed E-state index contributed by atoms with van der Waals surface area (Å²) in [6, 6.07) is 39.9. The first kappa shape index (κ1) is 26.6. The van der Waals surface area contributed by atoms with Crippen molar-refractivity contribution in [3.8, 4) is 39.5 Å². The fraction of sp³-hybridized carbons (Fsp3) is 0.0667. The summed E-state index contributed by atoms with van der Waals surface area (Å²) in [5.41, 5.74) is 7.88. The highest BCUT2D eigenvalue weighted by molar-refractivity contribution is 6.50. The fourth-order valence-electron chi connectivity index (χ4n) is 4.08. The Morgan fingerprint density at radius 2 is 1.21 bits per heavy atom. The molecule has 0 amide bonds. The predicted octanol–water partition coefficient (Wildman–Crippen LogP) is 7.73. The van der Waals surface area contributed by atoms with E-state index in [4.69, 9.17) is 9.72 Å². The molecule has 0 unspecified atom stereocenters. The van der Waals surface area contributed by atoms with E-state index in [1.54, 1.807) is 7.11 Å². The third-order valence-corrected chi connectivity index (χ3v) is 5.77. The lowest BCUT2D eigenvalue weighted by molar-refractivity contribution is -0.666. The minimum atomic E-state index is -6.00. The molecular weight excluding hydrogens is 491 g/mol. The summed E-state index contributed by atoms with van der Waals surface area (Å²) in [5.74, 6) is 0.858. The Kier molecular flexibility index (Phi) is 8.53. The van der Waals surface area contributed by atoms with E-state index in [1.165, 1.54) is 22.3 Å². The van der Waals surface area contributed by atoms with Gasteiger partial charge in [0.25, 0.3) is 0 Å². The zero-order chi connectivity index (χ0) is 27.0. The van der Waals surface area contributed by atoms with Crippen molar-refractivity contribution in [2.75, 3.05) is 7.11 Å². The van der Waals surface area contributed by atoms with Gasteiger partial charge in [-0.1, -0.05) is 54.6 Å². The zero-order valence-electron chi connectivity index (χ0n) is 20.6. The van der Waals surface area contributed by atoms with Gasteiger partial charge < -0.3 is 22.0 Å². The number of rotatable bonds is 6. The molecule has 0 aliphatic heterocycles. The van der Waals surface area contributed by atoms with E-state index in [0.29, 0.717) is 0 Å². The first-order chi connectivity index (χ1) is 18.3. The second-order valence-electron chi connectivity index (χ2n) is 8.39. The van der Waals surface area contributed by atoms with Crippen molar-refractivity contribution in [2.24, 2.45) is 0 Å². The highest BCUT2D eigenvalue weighted by Crippen LogP contribution is 2.29. The van der Waals surface area contributed by atoms with Crippen LogP contribution in [-0.2, 0) is 6.54 Å². The SMILES string of the molecule is COc1ccc(C[n+]2c(-c3ccccc3)cc(-c3ccccc3)cc2-c2ccccn2)cc1.F[B-](F)(F)F. The molecule has 0 saturated heterocycles. The van der Waals surface area contributed by atoms with Crippen LogP contribution in [0.1, 0.15) is 5.56 Å². The highest BCUT2D eigenvalue weighted by Gasteiger charge is 2.24. The molecular formula is C30H25BF4N2O. The number of pyridine rings is 2. The van der Waals surface area contributed by atoms with E-state index in [0.717, 1.165) is 29.4 Å². The van der Waals surface area contributed by atoms with Crippen LogP contribution >= 0.6 is 0 Å². The number of nitrogens with zero attached hydrogens (tertiary/aromatic N) is 2. The Morgan fingerprint density at radius 1 is 0.658 bits per heavy atom. The van der Waals surface area contributed by atoms with Crippen LogP contribution in [0.15, 0.2) is 121 Å². The van der Waals surface area contributed by atoms with Crippen molar-refractivity contribution >= 4 is 7.25 Å². The summed E-state index contributed by atoms with van der Waals surface area (Å²) in [6.45, 7) is 0.717. The fourth-order valence-corrected chi connectivity index (χ4v) is 4.08. The Labute approximate surface area is 219 Å². The number of halogens is 4. The molecule has 3 nitrogen and oxygen atoms in total. The lowest BCUT2D eigenvalue weighted by Crippen LogP contribution is -2.39. The van der Waals surface area contributed by atoms with Crippen LogP contribution in [-0.4, -0.2) is 19.3 Å². The number of hydrogen-bond acceptors (Lipinski definition) is 2. The van der Waals surface area contributed by atoms with E-state index < -0.39 is 7.25 Å². The van der Waals surface area contributed by atoms with E-state index >= 15 is 0 Å². The second kappa shape index (κ2) is 12.2. The summed E-state index contributed by atoms with van der Waals surface area (Å²) >= 11 is 0. The van der Waals surface area contributed by atoms with Crippen molar-refractivity contribution in [3.63, 3.8) is 0 Å². The quantitative estimate of drug-likeness (QED) is 0.131. The molecule has 2 heterocycles. The van der Waals surface area contributed by atoms with E-state index in [9.17, 15) is 17.3 Å². The number of hydrogen-bond donors (Lipinski definition) is 0. The van der Waals surface area contributed by atoms with Gasteiger partial charge in [0.2, 0.25) is 11.4 Å². The Hall–Kier alpha value is -4.46. The summed E-state index contributed by atoms with van der Waals surface area (Å²) < 4.78 is 46.7. The van der Waals surface area contributed by atoms with E-state index in [1.807, 2.05) is 36.5 Å². The van der Waals surface area contributed by atoms with Gasteiger partial charge in [-0.2, -0.15) is 4.57 Å². The first-order valence-corrected chi connectivity index (χ1v) is 11.9. The molecule has 5 aromatic rings. The lowest BCUT2D eigenvalue weighted by atomic mass is 10.00. The van der Waals surface area contributed by atoms with Crippen LogP contribution in [0, 0.1) is 0 Å². The molecule has 0 saturated carbocycles. The molecule has 0 radical (unpaired) electrons. The van der Waals surface area contributed by atoms with Crippen molar-refractivity contribution in [3.05, 3.63) is 127 Å². The molecule has 0 aliphatic carbocycles. The minimum Gasteiger partial charge on any atom is -0.497 e. The van der Waals surface area contributed by atoms with Crippen molar-refractivity contribution < 1.29 is 26.6 Å². The van der Waals surface area contributed by atoms with Crippen LogP contribution in [0.3, 0.4) is 0 Å². The van der Waals surface area contributed by atoms with Gasteiger partial charge in [-0.15, -0.1) is 0 Å². The third-order valence-electron chi connectivity index (χ3n) is 5.77. The summed E-state index contributed by atoms with van der Waals surface area (Å²) in [6.07, 6.45) is 1.85. The predicted molar refractivity (Wildman–Crippen MR) is 143 cm³/mol. The molecule has 38 heavy (non-hydrogen) atoms. The average Bonchev–Trinajstić information content (AvgIpc) is 2.94. The molecule has 0 bridgehead atoms. The highest BCUT2D eigenvalue weighted by atomic mass is 19.5. The molecule has 192 valence electrons. The van der Waals surface area contributed by atoms with Gasteiger partial charge >= 0.3 is 7.25 Å². The normalized spacial score (nSPS) is 10.9. The lowest BCUT2D eigenvalue weighted by Gasteiger charge is -2.13. The molecule has 3 aromatic carbocycles. The maximum atomic E-state index is 9.75.